The minimum Gasteiger partial charge on any atom is -0.334 e. The molecule has 2 saturated heterocycles. The Morgan fingerprint density at radius 2 is 2.14 bits per heavy atom. The fourth-order valence-electron chi connectivity index (χ4n) is 3.25. The number of thioether (sulfide) groups is 1. The first-order valence-corrected chi connectivity index (χ1v) is 8.31. The van der Waals surface area contributed by atoms with Crippen LogP contribution in [0.2, 0.25) is 0 Å². The highest BCUT2D eigenvalue weighted by atomic mass is 32.2. The molecule has 2 unspecified atom stereocenters. The van der Waals surface area contributed by atoms with Gasteiger partial charge in [-0.25, -0.2) is 4.68 Å². The third kappa shape index (κ3) is 2.07. The van der Waals surface area contributed by atoms with E-state index in [1.165, 1.54) is 0 Å². The largest absolute Gasteiger partial charge is 0.334 e. The van der Waals surface area contributed by atoms with Crippen LogP contribution in [0, 0.1) is 6.92 Å². The zero-order valence-corrected chi connectivity index (χ0v) is 12.7. The lowest BCUT2D eigenvalue weighted by molar-refractivity contribution is 0.0747. The minimum atomic E-state index is 0.141. The van der Waals surface area contributed by atoms with E-state index in [-0.39, 0.29) is 5.91 Å². The molecule has 5 heteroatoms. The lowest BCUT2D eigenvalue weighted by Gasteiger charge is -2.26. The normalized spacial score (nSPS) is 23.8. The van der Waals surface area contributed by atoms with Gasteiger partial charge >= 0.3 is 0 Å². The van der Waals surface area contributed by atoms with Crippen LogP contribution in [0.4, 0.5) is 0 Å². The van der Waals surface area contributed by atoms with E-state index in [4.69, 9.17) is 0 Å². The van der Waals surface area contributed by atoms with E-state index in [2.05, 4.69) is 5.10 Å². The molecule has 21 heavy (non-hydrogen) atoms. The van der Waals surface area contributed by atoms with Gasteiger partial charge < -0.3 is 4.90 Å². The fourth-order valence-corrected chi connectivity index (χ4v) is 4.69. The van der Waals surface area contributed by atoms with Crippen LogP contribution in [0.3, 0.4) is 0 Å². The maximum atomic E-state index is 12.8. The van der Waals surface area contributed by atoms with Crippen LogP contribution in [0.5, 0.6) is 0 Å². The number of amides is 1. The number of fused-ring (bicyclic) bond motifs is 2. The Balaban J connectivity index is 1.65. The summed E-state index contributed by atoms with van der Waals surface area (Å²) in [5, 5.41) is 5.05. The van der Waals surface area contributed by atoms with Crippen LogP contribution < -0.4 is 0 Å². The number of aromatic nitrogens is 2. The highest BCUT2D eigenvalue weighted by Gasteiger charge is 2.41. The first-order valence-electron chi connectivity index (χ1n) is 7.26. The number of para-hydroxylation sites is 1. The summed E-state index contributed by atoms with van der Waals surface area (Å²) in [6, 6.07) is 10.4. The van der Waals surface area contributed by atoms with E-state index >= 15 is 0 Å². The van der Waals surface area contributed by atoms with Gasteiger partial charge in [-0.05, 0) is 25.5 Å². The van der Waals surface area contributed by atoms with Gasteiger partial charge in [0.1, 0.15) is 0 Å². The summed E-state index contributed by atoms with van der Waals surface area (Å²) in [5.74, 6) is 1.23. The predicted octanol–water partition coefficient (Wildman–Crippen LogP) is 2.51. The van der Waals surface area contributed by atoms with Gasteiger partial charge in [0, 0.05) is 23.6 Å². The predicted molar refractivity (Wildman–Crippen MR) is 84.0 cm³/mol. The topological polar surface area (TPSA) is 38.1 Å². The Hall–Kier alpha value is -1.75. The quantitative estimate of drug-likeness (QED) is 0.855. The van der Waals surface area contributed by atoms with E-state index < -0.39 is 0 Å². The van der Waals surface area contributed by atoms with Gasteiger partial charge in [-0.3, -0.25) is 4.79 Å². The van der Waals surface area contributed by atoms with Gasteiger partial charge in [-0.2, -0.15) is 16.9 Å². The van der Waals surface area contributed by atoms with E-state index in [1.807, 2.05) is 58.6 Å². The molecule has 0 N–H and O–H groups in total. The Morgan fingerprint density at radius 3 is 2.81 bits per heavy atom. The van der Waals surface area contributed by atoms with Crippen molar-refractivity contribution in [3.8, 4) is 5.69 Å². The lowest BCUT2D eigenvalue weighted by Crippen LogP contribution is -2.39. The SMILES string of the molecule is Cc1c(C(=O)N2CC3CC2CS3)cnn1-c1ccccc1. The second-order valence-electron chi connectivity index (χ2n) is 5.69. The van der Waals surface area contributed by atoms with Crippen molar-refractivity contribution in [2.45, 2.75) is 24.6 Å². The molecule has 0 saturated carbocycles. The monoisotopic (exact) mass is 299 g/mol. The van der Waals surface area contributed by atoms with Crippen LogP contribution >= 0.6 is 11.8 Å². The van der Waals surface area contributed by atoms with Crippen molar-refractivity contribution < 1.29 is 4.79 Å². The molecule has 4 nitrogen and oxygen atoms in total. The van der Waals surface area contributed by atoms with Gasteiger partial charge in [0.25, 0.3) is 5.91 Å². The molecule has 1 aromatic heterocycles. The zero-order valence-electron chi connectivity index (χ0n) is 11.9. The number of hydrogen-bond acceptors (Lipinski definition) is 3. The van der Waals surface area contributed by atoms with Crippen LogP contribution in [-0.2, 0) is 0 Å². The Morgan fingerprint density at radius 1 is 1.33 bits per heavy atom. The summed E-state index contributed by atoms with van der Waals surface area (Å²) in [6.45, 7) is 2.86. The lowest BCUT2D eigenvalue weighted by atomic mass is 10.2. The molecule has 4 rings (SSSR count). The zero-order chi connectivity index (χ0) is 14.4. The van der Waals surface area contributed by atoms with Crippen LogP contribution in [0.25, 0.3) is 5.69 Å². The Labute approximate surface area is 128 Å². The van der Waals surface area contributed by atoms with Crippen LogP contribution in [-0.4, -0.2) is 44.2 Å². The molecule has 2 fully saturated rings. The average Bonchev–Trinajstić information content (AvgIpc) is 3.22. The van der Waals surface area contributed by atoms with Gasteiger partial charge in [0.15, 0.2) is 0 Å². The van der Waals surface area contributed by atoms with Crippen LogP contribution in [0.1, 0.15) is 22.5 Å². The second kappa shape index (κ2) is 4.91. The van der Waals surface area contributed by atoms with Crippen LogP contribution in [0.15, 0.2) is 36.5 Å². The average molecular weight is 299 g/mol. The van der Waals surface area contributed by atoms with Gasteiger partial charge in [-0.15, -0.1) is 0 Å². The minimum absolute atomic E-state index is 0.141. The third-order valence-electron chi connectivity index (χ3n) is 4.40. The van der Waals surface area contributed by atoms with Crippen molar-refractivity contribution in [3.05, 3.63) is 47.8 Å². The van der Waals surface area contributed by atoms with E-state index in [9.17, 15) is 4.79 Å². The molecular formula is C16H17N3OS. The summed E-state index contributed by atoms with van der Waals surface area (Å²) >= 11 is 2.00. The maximum absolute atomic E-state index is 12.8. The number of carbonyl (C=O) groups excluding carboxylic acids is 1. The fraction of sp³-hybridized carbons (Fsp3) is 0.375. The molecule has 2 aliphatic rings. The number of carbonyl (C=O) groups is 1. The van der Waals surface area contributed by atoms with E-state index in [1.54, 1.807) is 6.20 Å². The molecule has 1 aromatic carbocycles. The Kier molecular flexibility index (Phi) is 3.03. The smallest absolute Gasteiger partial charge is 0.257 e. The third-order valence-corrected chi connectivity index (χ3v) is 5.79. The van der Waals surface area contributed by atoms with E-state index in [0.29, 0.717) is 11.3 Å². The molecule has 0 spiro atoms. The summed E-state index contributed by atoms with van der Waals surface area (Å²) in [4.78, 5) is 14.8. The standard InChI is InChI=1S/C16H17N3OS/c1-11-15(8-17-19(11)12-5-3-2-4-6-12)16(20)18-9-14-7-13(18)10-21-14/h2-6,8,13-14H,7,9-10H2,1H3. The summed E-state index contributed by atoms with van der Waals surface area (Å²) in [7, 11) is 0. The first-order chi connectivity index (χ1) is 10.2. The number of rotatable bonds is 2. The van der Waals surface area contributed by atoms with Crippen molar-refractivity contribution in [1.29, 1.82) is 0 Å². The number of nitrogens with zero attached hydrogens (tertiary/aromatic N) is 3. The molecule has 2 bridgehead atoms. The van der Waals surface area contributed by atoms with Crippen molar-refractivity contribution >= 4 is 17.7 Å². The number of benzene rings is 1. The van der Waals surface area contributed by atoms with Gasteiger partial charge in [0.05, 0.1) is 23.1 Å². The summed E-state index contributed by atoms with van der Waals surface area (Å²) < 4.78 is 1.84. The van der Waals surface area contributed by atoms with Crippen molar-refractivity contribution in [2.24, 2.45) is 0 Å². The molecule has 3 heterocycles. The number of likely N-dealkylation sites (tertiary alicyclic amines) is 1. The van der Waals surface area contributed by atoms with Gasteiger partial charge in [-0.1, -0.05) is 18.2 Å². The molecule has 0 radical (unpaired) electrons. The van der Waals surface area contributed by atoms with Crippen molar-refractivity contribution in [1.82, 2.24) is 14.7 Å². The number of hydrogen-bond donors (Lipinski definition) is 0. The summed E-state index contributed by atoms with van der Waals surface area (Å²) in [6.07, 6.45) is 2.87. The second-order valence-corrected chi connectivity index (χ2v) is 7.03. The Bertz CT molecular complexity index is 682. The molecular weight excluding hydrogens is 282 g/mol. The molecule has 1 amide bonds. The molecule has 2 aliphatic heterocycles. The summed E-state index contributed by atoms with van der Waals surface area (Å²) in [5.41, 5.74) is 2.64. The highest BCUT2D eigenvalue weighted by Crippen LogP contribution is 2.38. The first kappa shape index (κ1) is 13.0. The van der Waals surface area contributed by atoms with Crippen molar-refractivity contribution in [3.63, 3.8) is 0 Å². The van der Waals surface area contributed by atoms with Crippen molar-refractivity contribution in [2.75, 3.05) is 12.3 Å². The molecule has 0 aliphatic carbocycles. The molecule has 108 valence electrons. The maximum Gasteiger partial charge on any atom is 0.257 e. The van der Waals surface area contributed by atoms with Gasteiger partial charge in [0.2, 0.25) is 0 Å². The molecule has 2 aromatic rings. The highest BCUT2D eigenvalue weighted by molar-refractivity contribution is 8.00. The molecule has 2 atom stereocenters. The van der Waals surface area contributed by atoms with E-state index in [0.717, 1.165) is 35.7 Å².